The first-order valence-electron chi connectivity index (χ1n) is 6.46. The van der Waals surface area contributed by atoms with E-state index < -0.39 is 0 Å². The summed E-state index contributed by atoms with van der Waals surface area (Å²) in [5.74, 6) is -0.161. The number of rotatable bonds is 4. The van der Waals surface area contributed by atoms with Crippen molar-refractivity contribution in [1.82, 2.24) is 24.9 Å². The van der Waals surface area contributed by atoms with Gasteiger partial charge in [0.05, 0.1) is 15.8 Å². The molecule has 0 aliphatic rings. The van der Waals surface area contributed by atoms with Gasteiger partial charge in [-0.25, -0.2) is 0 Å². The van der Waals surface area contributed by atoms with Crippen molar-refractivity contribution in [2.45, 2.75) is 33.4 Å². The molecule has 1 unspecified atom stereocenters. The van der Waals surface area contributed by atoms with E-state index in [1.807, 2.05) is 37.8 Å². The molecule has 2 rings (SSSR count). The fraction of sp³-hybridized carbons (Fsp3) is 0.462. The molecule has 0 bridgehead atoms. The lowest BCUT2D eigenvalue weighted by Gasteiger charge is -2.13. The molecule has 0 saturated carbocycles. The maximum Gasteiger partial charge on any atom is 0.273 e. The van der Waals surface area contributed by atoms with E-state index in [1.165, 1.54) is 0 Å². The Hall–Kier alpha value is -1.38. The number of hydrogen-bond acceptors (Lipinski definition) is 3. The van der Waals surface area contributed by atoms with E-state index in [0.29, 0.717) is 5.69 Å². The summed E-state index contributed by atoms with van der Waals surface area (Å²) in [6.07, 6.45) is 3.63. The van der Waals surface area contributed by atoms with Crippen molar-refractivity contribution in [1.29, 1.82) is 0 Å². The molecule has 1 amide bonds. The van der Waals surface area contributed by atoms with Gasteiger partial charge in [0.1, 0.15) is 0 Å². The van der Waals surface area contributed by atoms with Gasteiger partial charge in [-0.1, -0.05) is 0 Å². The first-order chi connectivity index (χ1) is 9.43. The lowest BCUT2D eigenvalue weighted by Crippen LogP contribution is -2.28. The maximum absolute atomic E-state index is 12.2. The molecule has 20 heavy (non-hydrogen) atoms. The minimum Gasteiger partial charge on any atom is -0.344 e. The van der Waals surface area contributed by atoms with Crippen molar-refractivity contribution in [2.75, 3.05) is 0 Å². The fourth-order valence-corrected chi connectivity index (χ4v) is 2.92. The van der Waals surface area contributed by atoms with E-state index >= 15 is 0 Å². The van der Waals surface area contributed by atoms with Crippen LogP contribution in [0.25, 0.3) is 0 Å². The first kappa shape index (κ1) is 15.0. The third-order valence-corrected chi connectivity index (χ3v) is 4.04. The lowest BCUT2D eigenvalue weighted by atomic mass is 10.1. The highest BCUT2D eigenvalue weighted by molar-refractivity contribution is 14.1. The third kappa shape index (κ3) is 2.87. The molecule has 2 aromatic rings. The number of hydrogen-bond donors (Lipinski definition) is 1. The molecule has 0 aliphatic heterocycles. The fourth-order valence-electron chi connectivity index (χ4n) is 2.16. The van der Waals surface area contributed by atoms with Crippen LogP contribution in [0, 0.1) is 10.5 Å². The number of aromatic nitrogens is 4. The van der Waals surface area contributed by atoms with Gasteiger partial charge in [0.15, 0.2) is 5.69 Å². The molecule has 2 heterocycles. The minimum atomic E-state index is -0.161. The summed E-state index contributed by atoms with van der Waals surface area (Å²) in [6.45, 7) is 6.84. The van der Waals surface area contributed by atoms with Gasteiger partial charge in [-0.2, -0.15) is 10.2 Å². The average Bonchev–Trinajstić information content (AvgIpc) is 2.91. The summed E-state index contributed by atoms with van der Waals surface area (Å²) in [6, 6.07) is -0.0967. The second-order valence-corrected chi connectivity index (χ2v) is 5.86. The molecular formula is C13H18IN5O. The van der Waals surface area contributed by atoms with Gasteiger partial charge in [0.2, 0.25) is 0 Å². The SMILES string of the molecule is CCn1ncc(C(C)NC(=O)c2nn(C)cc2I)c1C. The van der Waals surface area contributed by atoms with Crippen LogP contribution < -0.4 is 5.32 Å². The predicted octanol–water partition coefficient (Wildman–Crippen LogP) is 2.04. The molecule has 0 aliphatic carbocycles. The van der Waals surface area contributed by atoms with Crippen LogP contribution in [0.1, 0.15) is 41.6 Å². The Morgan fingerprint density at radius 2 is 2.25 bits per heavy atom. The summed E-state index contributed by atoms with van der Waals surface area (Å²) in [5, 5.41) is 11.5. The molecule has 7 heteroatoms. The van der Waals surface area contributed by atoms with Crippen molar-refractivity contribution in [3.63, 3.8) is 0 Å². The second-order valence-electron chi connectivity index (χ2n) is 4.70. The molecule has 108 valence electrons. The van der Waals surface area contributed by atoms with Gasteiger partial charge in [0, 0.05) is 31.0 Å². The second kappa shape index (κ2) is 5.94. The van der Waals surface area contributed by atoms with Crippen LogP contribution in [0.15, 0.2) is 12.4 Å². The van der Waals surface area contributed by atoms with Gasteiger partial charge < -0.3 is 5.32 Å². The zero-order valence-corrected chi connectivity index (χ0v) is 14.2. The number of aryl methyl sites for hydroxylation is 2. The molecule has 1 N–H and O–H groups in total. The van der Waals surface area contributed by atoms with Gasteiger partial charge in [-0.15, -0.1) is 0 Å². The number of carbonyl (C=O) groups is 1. The van der Waals surface area contributed by atoms with Crippen LogP contribution in [-0.4, -0.2) is 25.5 Å². The standard InChI is InChI=1S/C13H18IN5O/c1-5-19-9(3)10(6-15-19)8(2)16-13(20)12-11(14)7-18(4)17-12/h6-8H,5H2,1-4H3,(H,16,20). The van der Waals surface area contributed by atoms with Gasteiger partial charge in [0.25, 0.3) is 5.91 Å². The normalized spacial score (nSPS) is 12.4. The summed E-state index contributed by atoms with van der Waals surface area (Å²) in [7, 11) is 1.80. The molecule has 0 spiro atoms. The predicted molar refractivity (Wildman–Crippen MR) is 84.4 cm³/mol. The Bertz CT molecular complexity index is 631. The molecular weight excluding hydrogens is 369 g/mol. The van der Waals surface area contributed by atoms with E-state index in [0.717, 1.165) is 21.4 Å². The molecule has 1 atom stereocenters. The Morgan fingerprint density at radius 1 is 1.55 bits per heavy atom. The van der Waals surface area contributed by atoms with Crippen molar-refractivity contribution in [2.24, 2.45) is 7.05 Å². The highest BCUT2D eigenvalue weighted by Gasteiger charge is 2.19. The number of amides is 1. The Morgan fingerprint density at radius 3 is 2.75 bits per heavy atom. The van der Waals surface area contributed by atoms with E-state index in [1.54, 1.807) is 11.7 Å². The molecule has 6 nitrogen and oxygen atoms in total. The van der Waals surface area contributed by atoms with Crippen LogP contribution in [-0.2, 0) is 13.6 Å². The van der Waals surface area contributed by atoms with Crippen molar-refractivity contribution >= 4 is 28.5 Å². The third-order valence-electron chi connectivity index (χ3n) is 3.25. The quantitative estimate of drug-likeness (QED) is 0.817. The molecule has 0 saturated heterocycles. The summed E-state index contributed by atoms with van der Waals surface area (Å²) < 4.78 is 4.40. The highest BCUT2D eigenvalue weighted by Crippen LogP contribution is 2.18. The van der Waals surface area contributed by atoms with Crippen LogP contribution in [0.4, 0.5) is 0 Å². The average molecular weight is 387 g/mol. The zero-order valence-electron chi connectivity index (χ0n) is 12.0. The monoisotopic (exact) mass is 387 g/mol. The van der Waals surface area contributed by atoms with Crippen molar-refractivity contribution in [3.8, 4) is 0 Å². The number of halogens is 1. The molecule has 0 radical (unpaired) electrons. The Kier molecular flexibility index (Phi) is 4.46. The number of nitrogens with one attached hydrogen (secondary N) is 1. The van der Waals surface area contributed by atoms with Crippen molar-refractivity contribution in [3.05, 3.63) is 32.9 Å². The summed E-state index contributed by atoms with van der Waals surface area (Å²) >= 11 is 2.11. The smallest absolute Gasteiger partial charge is 0.273 e. The largest absolute Gasteiger partial charge is 0.344 e. The zero-order chi connectivity index (χ0) is 14.9. The van der Waals surface area contributed by atoms with E-state index in [4.69, 9.17) is 0 Å². The van der Waals surface area contributed by atoms with Crippen LogP contribution in [0.5, 0.6) is 0 Å². The van der Waals surface area contributed by atoms with Gasteiger partial charge >= 0.3 is 0 Å². The van der Waals surface area contributed by atoms with Crippen molar-refractivity contribution < 1.29 is 4.79 Å². The van der Waals surface area contributed by atoms with Gasteiger partial charge in [-0.3, -0.25) is 14.2 Å². The summed E-state index contributed by atoms with van der Waals surface area (Å²) in [4.78, 5) is 12.2. The van der Waals surface area contributed by atoms with Crippen LogP contribution >= 0.6 is 22.6 Å². The van der Waals surface area contributed by atoms with Crippen LogP contribution in [0.3, 0.4) is 0 Å². The molecule has 0 fully saturated rings. The highest BCUT2D eigenvalue weighted by atomic mass is 127. The molecule has 0 aromatic carbocycles. The topological polar surface area (TPSA) is 64.7 Å². The van der Waals surface area contributed by atoms with Crippen LogP contribution in [0.2, 0.25) is 0 Å². The molecule has 2 aromatic heterocycles. The van der Waals surface area contributed by atoms with Gasteiger partial charge in [-0.05, 0) is 43.4 Å². The Labute approximate surface area is 131 Å². The lowest BCUT2D eigenvalue weighted by molar-refractivity contribution is 0.0933. The van der Waals surface area contributed by atoms with E-state index in [9.17, 15) is 4.79 Å². The number of carbonyl (C=O) groups excluding carboxylic acids is 1. The minimum absolute atomic E-state index is 0.0967. The van der Waals surface area contributed by atoms with E-state index in [2.05, 4.69) is 38.1 Å². The number of nitrogens with zero attached hydrogens (tertiary/aromatic N) is 4. The van der Waals surface area contributed by atoms with E-state index in [-0.39, 0.29) is 11.9 Å². The first-order valence-corrected chi connectivity index (χ1v) is 7.54. The Balaban J connectivity index is 2.15. The maximum atomic E-state index is 12.2. The summed E-state index contributed by atoms with van der Waals surface area (Å²) in [5.41, 5.74) is 2.57.